The molecule has 0 rings (SSSR count). The van der Waals surface area contributed by atoms with E-state index in [0.717, 1.165) is 0 Å². The quantitative estimate of drug-likeness (QED) is 0.0598. The Bertz CT molecular complexity index is 324. The predicted octanol–water partition coefficient (Wildman–Crippen LogP) is 9.33. The van der Waals surface area contributed by atoms with E-state index in [1.807, 2.05) is 0 Å². The van der Waals surface area contributed by atoms with Gasteiger partial charge in [-0.1, -0.05) is 129 Å². The molecule has 0 heterocycles. The molecule has 1 atom stereocenters. The molecule has 0 radical (unpaired) electrons. The van der Waals surface area contributed by atoms with Gasteiger partial charge in [0.1, 0.15) is 0 Å². The van der Waals surface area contributed by atoms with Crippen LogP contribution in [-0.4, -0.2) is 16.4 Å². The van der Waals surface area contributed by atoms with Crippen LogP contribution in [0, 0.1) is 0 Å². The summed E-state index contributed by atoms with van der Waals surface area (Å²) < 4.78 is 0. The molecule has 0 aliphatic carbocycles. The minimum atomic E-state index is -1.37. The molecular formula is C24H53MoOPS2. The van der Waals surface area contributed by atoms with Gasteiger partial charge in [-0.2, -0.15) is 10.1 Å². The van der Waals surface area contributed by atoms with Gasteiger partial charge in [0.25, 0.3) is 0 Å². The van der Waals surface area contributed by atoms with Crippen molar-refractivity contribution in [3.63, 3.8) is 0 Å². The summed E-state index contributed by atoms with van der Waals surface area (Å²) in [6, 6.07) is 0. The minimum absolute atomic E-state index is 0. The van der Waals surface area contributed by atoms with Crippen molar-refractivity contribution in [2.24, 2.45) is 0 Å². The number of hydrogen-bond donors (Lipinski definition) is 2. The molecule has 1 N–H and O–H groups in total. The zero-order valence-electron chi connectivity index (χ0n) is 19.8. The maximum absolute atomic E-state index is 10.1. The first-order chi connectivity index (χ1) is 13.7. The molecule has 0 fully saturated rings. The summed E-state index contributed by atoms with van der Waals surface area (Å²) >= 11 is 4.46. The molecule has 0 aliphatic heterocycles. The van der Waals surface area contributed by atoms with E-state index in [1.165, 1.54) is 140 Å². The van der Waals surface area contributed by atoms with Crippen molar-refractivity contribution in [2.45, 2.75) is 142 Å². The zero-order chi connectivity index (χ0) is 20.7. The summed E-state index contributed by atoms with van der Waals surface area (Å²) in [4.78, 5) is 10.1. The number of unbranched alkanes of at least 4 members (excludes halogenated alkanes) is 18. The summed E-state index contributed by atoms with van der Waals surface area (Å²) in [5, 5.41) is 0. The van der Waals surface area contributed by atoms with E-state index in [2.05, 4.69) is 26.1 Å². The first-order valence-corrected chi connectivity index (χ1v) is 17.7. The molecule has 5 heteroatoms. The van der Waals surface area contributed by atoms with Crippen LogP contribution in [0.25, 0.3) is 0 Å². The Morgan fingerprint density at radius 1 is 0.517 bits per heavy atom. The average molecular weight is 549 g/mol. The Balaban J connectivity index is 0. The van der Waals surface area contributed by atoms with Gasteiger partial charge < -0.3 is 4.89 Å². The van der Waals surface area contributed by atoms with E-state index < -0.39 is 6.13 Å². The van der Waals surface area contributed by atoms with Crippen LogP contribution in [0.1, 0.15) is 142 Å². The van der Waals surface area contributed by atoms with E-state index in [0.29, 0.717) is 0 Å². The van der Waals surface area contributed by atoms with Crippen molar-refractivity contribution in [2.75, 3.05) is 11.5 Å². The van der Waals surface area contributed by atoms with Crippen LogP contribution in [0.15, 0.2) is 0 Å². The van der Waals surface area contributed by atoms with Crippen molar-refractivity contribution in [3.8, 4) is 0 Å². The molecule has 0 aromatic rings. The summed E-state index contributed by atoms with van der Waals surface area (Å²) in [6.45, 7) is 4.57. The van der Waals surface area contributed by atoms with Gasteiger partial charge in [0, 0.05) is 21.1 Å². The first kappa shape index (κ1) is 33.0. The molecule has 0 aliphatic rings. The SMILES string of the molecule is CCCCCCCCCCCCS(CCCCCCCCCCCC)=[PH](O)S.[Mo]. The van der Waals surface area contributed by atoms with Gasteiger partial charge in [-0.3, -0.25) is 0 Å². The summed E-state index contributed by atoms with van der Waals surface area (Å²) in [7, 11) is 0.220. The Hall–Kier alpha value is 1.78. The standard InChI is InChI=1S/C24H53OPS2.Mo/c1-3-5-7-9-11-13-15-17-19-21-23-28(26(25)27)24-22-20-18-16-14-12-10-8-6-4-2;/h25-27H,3-24H2,1-2H3;. The average Bonchev–Trinajstić information content (AvgIpc) is 2.68. The van der Waals surface area contributed by atoms with E-state index in [-0.39, 0.29) is 31.1 Å². The topological polar surface area (TPSA) is 20.2 Å². The molecule has 0 bridgehead atoms. The smallest absolute Gasteiger partial charge is 0.0631 e. The molecular weight excluding hydrogens is 495 g/mol. The van der Waals surface area contributed by atoms with Gasteiger partial charge in [0.15, 0.2) is 0 Å². The van der Waals surface area contributed by atoms with Gasteiger partial charge in [-0.05, 0) is 24.3 Å². The summed E-state index contributed by atoms with van der Waals surface area (Å²) in [5.74, 6) is 2.48. The fraction of sp³-hybridized carbons (Fsp3) is 1.00. The van der Waals surface area contributed by atoms with Gasteiger partial charge in [-0.25, -0.2) is 0 Å². The Morgan fingerprint density at radius 2 is 0.759 bits per heavy atom. The third kappa shape index (κ3) is 25.9. The van der Waals surface area contributed by atoms with Crippen molar-refractivity contribution in [1.82, 2.24) is 0 Å². The summed E-state index contributed by atoms with van der Waals surface area (Å²) in [5.41, 5.74) is 0. The Labute approximate surface area is 207 Å². The van der Waals surface area contributed by atoms with E-state index >= 15 is 0 Å². The van der Waals surface area contributed by atoms with Gasteiger partial charge in [-0.15, -0.1) is 12.2 Å². The largest absolute Gasteiger partial charge is 0.364 e. The maximum Gasteiger partial charge on any atom is 0.0631 e. The van der Waals surface area contributed by atoms with Crippen LogP contribution >= 0.6 is 18.4 Å². The molecule has 0 aromatic heterocycles. The van der Waals surface area contributed by atoms with Crippen LogP contribution in [0.5, 0.6) is 0 Å². The van der Waals surface area contributed by atoms with Crippen LogP contribution in [-0.2, 0) is 31.1 Å². The molecule has 0 amide bonds. The molecule has 178 valence electrons. The van der Waals surface area contributed by atoms with Crippen LogP contribution in [0.2, 0.25) is 0 Å². The fourth-order valence-corrected chi connectivity index (χ4v) is 9.09. The Kier molecular flexibility index (Phi) is 31.6. The fourth-order valence-electron chi connectivity index (χ4n) is 3.81. The number of rotatable bonds is 22. The monoisotopic (exact) mass is 550 g/mol. The van der Waals surface area contributed by atoms with Crippen molar-refractivity contribution < 1.29 is 26.0 Å². The second kappa shape index (κ2) is 27.8. The maximum atomic E-state index is 10.1. The second-order valence-electron chi connectivity index (χ2n) is 8.55. The van der Waals surface area contributed by atoms with E-state index in [9.17, 15) is 4.89 Å². The van der Waals surface area contributed by atoms with Crippen LogP contribution < -0.4 is 0 Å². The normalized spacial score (nSPS) is 12.3. The molecule has 1 unspecified atom stereocenters. The van der Waals surface area contributed by atoms with Crippen LogP contribution in [0.4, 0.5) is 0 Å². The zero-order valence-corrected chi connectivity index (χ0v) is 24.5. The number of thiol groups is 1. The van der Waals surface area contributed by atoms with Crippen molar-refractivity contribution in [3.05, 3.63) is 0 Å². The number of hydrogen-bond acceptors (Lipinski definition) is 0. The molecule has 0 saturated heterocycles. The minimum Gasteiger partial charge on any atom is -0.364 e. The molecule has 0 spiro atoms. The third-order valence-electron chi connectivity index (χ3n) is 5.75. The molecule has 0 saturated carbocycles. The van der Waals surface area contributed by atoms with Gasteiger partial charge in [0.05, 0.1) is 6.13 Å². The van der Waals surface area contributed by atoms with Crippen molar-refractivity contribution in [1.29, 1.82) is 0 Å². The summed E-state index contributed by atoms with van der Waals surface area (Å²) in [6.07, 6.45) is 26.6. The van der Waals surface area contributed by atoms with E-state index in [1.54, 1.807) is 0 Å². The van der Waals surface area contributed by atoms with Crippen LogP contribution in [0.3, 0.4) is 0 Å². The van der Waals surface area contributed by atoms with E-state index in [4.69, 9.17) is 0 Å². The molecule has 29 heavy (non-hydrogen) atoms. The molecule has 0 aromatic carbocycles. The third-order valence-corrected chi connectivity index (χ3v) is 12.9. The first-order valence-electron chi connectivity index (χ1n) is 12.6. The van der Waals surface area contributed by atoms with Gasteiger partial charge >= 0.3 is 0 Å². The van der Waals surface area contributed by atoms with Crippen molar-refractivity contribution >= 4 is 28.4 Å². The van der Waals surface area contributed by atoms with Gasteiger partial charge in [0.2, 0.25) is 0 Å². The predicted molar refractivity (Wildman–Crippen MR) is 140 cm³/mol. The Morgan fingerprint density at radius 3 is 1.00 bits per heavy atom. The molecule has 1 nitrogen and oxygen atoms in total. The second-order valence-corrected chi connectivity index (χ2v) is 16.0.